The van der Waals surface area contributed by atoms with Crippen LogP contribution in [-0.2, 0) is 4.74 Å². The molecule has 0 spiro atoms. The van der Waals surface area contributed by atoms with Crippen molar-refractivity contribution in [2.45, 2.75) is 13.8 Å². The highest BCUT2D eigenvalue weighted by Crippen LogP contribution is 2.24. The Labute approximate surface area is 147 Å². The Morgan fingerprint density at radius 1 is 1.21 bits per heavy atom. The molecule has 0 fully saturated rings. The van der Waals surface area contributed by atoms with Crippen molar-refractivity contribution in [1.82, 2.24) is 9.78 Å². The number of hydrogen-bond acceptors (Lipinski definition) is 4. The fourth-order valence-corrected chi connectivity index (χ4v) is 2.86. The average Bonchev–Trinajstić information content (AvgIpc) is 2.93. The van der Waals surface area contributed by atoms with Crippen LogP contribution in [0.25, 0.3) is 10.9 Å². The normalized spacial score (nSPS) is 10.8. The zero-order valence-electron chi connectivity index (χ0n) is 13.2. The molecule has 2 aromatic carbocycles. The van der Waals surface area contributed by atoms with E-state index in [-0.39, 0.29) is 18.2 Å². The van der Waals surface area contributed by atoms with Gasteiger partial charge in [0, 0.05) is 15.4 Å². The lowest BCUT2D eigenvalue weighted by molar-refractivity contribution is 0.0521. The van der Waals surface area contributed by atoms with Crippen LogP contribution in [0.2, 0.25) is 0 Å². The van der Waals surface area contributed by atoms with Gasteiger partial charge in [0.2, 0.25) is 0 Å². The van der Waals surface area contributed by atoms with Gasteiger partial charge >= 0.3 is 5.97 Å². The number of rotatable bonds is 3. The fraction of sp³-hybridized carbons (Fsp3) is 0.167. The molecule has 0 N–H and O–H groups in total. The summed E-state index contributed by atoms with van der Waals surface area (Å²) in [5, 5.41) is 4.80. The minimum Gasteiger partial charge on any atom is -0.461 e. The lowest BCUT2D eigenvalue weighted by Gasteiger charge is -2.03. The third-order valence-corrected chi connectivity index (χ3v) is 4.06. The molecule has 0 saturated carbocycles. The maximum absolute atomic E-state index is 12.8. The first kappa shape index (κ1) is 16.4. The van der Waals surface area contributed by atoms with Crippen LogP contribution in [0.4, 0.5) is 0 Å². The lowest BCUT2D eigenvalue weighted by atomic mass is 10.1. The fourth-order valence-electron chi connectivity index (χ4n) is 2.50. The van der Waals surface area contributed by atoms with Gasteiger partial charge in [-0.2, -0.15) is 9.78 Å². The molecule has 24 heavy (non-hydrogen) atoms. The van der Waals surface area contributed by atoms with Crippen LogP contribution in [0.3, 0.4) is 0 Å². The maximum Gasteiger partial charge on any atom is 0.359 e. The molecule has 3 rings (SSSR count). The number of benzene rings is 2. The summed E-state index contributed by atoms with van der Waals surface area (Å²) in [5.41, 5.74) is 2.19. The van der Waals surface area contributed by atoms with Gasteiger partial charge in [-0.25, -0.2) is 4.79 Å². The quantitative estimate of drug-likeness (QED) is 0.638. The second-order valence-electron chi connectivity index (χ2n) is 5.32. The number of esters is 1. The summed E-state index contributed by atoms with van der Waals surface area (Å²) in [7, 11) is 0. The lowest BCUT2D eigenvalue weighted by Crippen LogP contribution is -2.15. The molecule has 0 aliphatic heterocycles. The maximum atomic E-state index is 12.8. The van der Waals surface area contributed by atoms with Gasteiger partial charge in [-0.05, 0) is 44.2 Å². The summed E-state index contributed by atoms with van der Waals surface area (Å²) >= 11 is 3.38. The van der Waals surface area contributed by atoms with Gasteiger partial charge < -0.3 is 4.74 Å². The number of nitrogens with zero attached hydrogens (tertiary/aromatic N) is 2. The number of carbonyl (C=O) groups is 2. The minimum atomic E-state index is -0.545. The van der Waals surface area contributed by atoms with E-state index in [1.54, 1.807) is 37.3 Å². The highest BCUT2D eigenvalue weighted by atomic mass is 79.9. The van der Waals surface area contributed by atoms with Crippen LogP contribution in [-0.4, -0.2) is 28.3 Å². The molecule has 3 aromatic rings. The smallest absolute Gasteiger partial charge is 0.359 e. The molecule has 0 bridgehead atoms. The molecule has 0 saturated heterocycles. The molecule has 0 unspecified atom stereocenters. The molecule has 122 valence electrons. The van der Waals surface area contributed by atoms with Crippen LogP contribution in [0.1, 0.15) is 33.3 Å². The number of aryl methyl sites for hydroxylation is 1. The van der Waals surface area contributed by atoms with Crippen molar-refractivity contribution in [2.24, 2.45) is 0 Å². The van der Waals surface area contributed by atoms with E-state index in [0.717, 1.165) is 10.0 Å². The van der Waals surface area contributed by atoms with Gasteiger partial charge in [-0.1, -0.05) is 33.6 Å². The summed E-state index contributed by atoms with van der Waals surface area (Å²) in [6.45, 7) is 3.89. The summed E-state index contributed by atoms with van der Waals surface area (Å²) in [6, 6.07) is 12.6. The highest BCUT2D eigenvalue weighted by Gasteiger charge is 2.22. The number of aromatic nitrogens is 2. The summed E-state index contributed by atoms with van der Waals surface area (Å²) < 4.78 is 7.10. The third-order valence-electron chi connectivity index (χ3n) is 3.57. The Morgan fingerprint density at radius 2 is 2.00 bits per heavy atom. The Kier molecular flexibility index (Phi) is 4.49. The SMILES string of the molecule is CCOC(=O)c1nn(C(=O)c2cccc(C)c2)c2ccc(Br)cc12. The topological polar surface area (TPSA) is 61.2 Å². The van der Waals surface area contributed by atoms with Crippen LogP contribution in [0, 0.1) is 6.92 Å². The van der Waals surface area contributed by atoms with Gasteiger partial charge in [0.25, 0.3) is 5.91 Å². The average molecular weight is 387 g/mol. The Hall–Kier alpha value is -2.47. The van der Waals surface area contributed by atoms with E-state index in [2.05, 4.69) is 21.0 Å². The molecule has 1 aromatic heterocycles. The van der Waals surface area contributed by atoms with Crippen LogP contribution < -0.4 is 0 Å². The van der Waals surface area contributed by atoms with Crippen molar-refractivity contribution >= 4 is 38.7 Å². The first-order valence-corrected chi connectivity index (χ1v) is 8.27. The third kappa shape index (κ3) is 2.97. The van der Waals surface area contributed by atoms with Gasteiger partial charge in [0.05, 0.1) is 12.1 Å². The van der Waals surface area contributed by atoms with Crippen molar-refractivity contribution < 1.29 is 14.3 Å². The van der Waals surface area contributed by atoms with E-state index in [0.29, 0.717) is 16.5 Å². The number of ether oxygens (including phenoxy) is 1. The van der Waals surface area contributed by atoms with E-state index in [1.165, 1.54) is 4.68 Å². The summed E-state index contributed by atoms with van der Waals surface area (Å²) in [5.74, 6) is -0.835. The first-order valence-electron chi connectivity index (χ1n) is 7.48. The van der Waals surface area contributed by atoms with Crippen LogP contribution in [0.15, 0.2) is 46.9 Å². The van der Waals surface area contributed by atoms with Crippen LogP contribution in [0.5, 0.6) is 0 Å². The monoisotopic (exact) mass is 386 g/mol. The number of fused-ring (bicyclic) bond motifs is 1. The van der Waals surface area contributed by atoms with Crippen molar-refractivity contribution in [2.75, 3.05) is 6.61 Å². The Bertz CT molecular complexity index is 947. The highest BCUT2D eigenvalue weighted by molar-refractivity contribution is 9.10. The zero-order valence-corrected chi connectivity index (χ0v) is 14.8. The van der Waals surface area contributed by atoms with E-state index in [1.807, 2.05) is 19.1 Å². The first-order chi connectivity index (χ1) is 11.5. The van der Waals surface area contributed by atoms with Crippen molar-refractivity contribution in [3.8, 4) is 0 Å². The van der Waals surface area contributed by atoms with E-state index >= 15 is 0 Å². The molecule has 1 heterocycles. The molecule has 6 heteroatoms. The largest absolute Gasteiger partial charge is 0.461 e. The molecule has 0 aliphatic rings. The van der Waals surface area contributed by atoms with Gasteiger partial charge in [-0.15, -0.1) is 0 Å². The van der Waals surface area contributed by atoms with Gasteiger partial charge in [0.15, 0.2) is 5.69 Å². The van der Waals surface area contributed by atoms with Crippen LogP contribution >= 0.6 is 15.9 Å². The summed E-state index contributed by atoms with van der Waals surface area (Å²) in [6.07, 6.45) is 0. The number of hydrogen-bond donors (Lipinski definition) is 0. The van der Waals surface area contributed by atoms with Crippen molar-refractivity contribution in [3.05, 3.63) is 63.8 Å². The molecule has 0 aliphatic carbocycles. The second-order valence-corrected chi connectivity index (χ2v) is 6.23. The molecular formula is C18H15BrN2O3. The van der Waals surface area contributed by atoms with Crippen molar-refractivity contribution in [3.63, 3.8) is 0 Å². The second kappa shape index (κ2) is 6.57. The molecule has 0 radical (unpaired) electrons. The van der Waals surface area contributed by atoms with Gasteiger partial charge in [0.1, 0.15) is 0 Å². The molecule has 0 amide bonds. The minimum absolute atomic E-state index is 0.133. The Morgan fingerprint density at radius 3 is 2.71 bits per heavy atom. The zero-order chi connectivity index (χ0) is 17.3. The molecular weight excluding hydrogens is 372 g/mol. The molecule has 0 atom stereocenters. The standard InChI is InChI=1S/C18H15BrN2O3/c1-3-24-18(23)16-14-10-13(19)7-8-15(14)21(20-16)17(22)12-6-4-5-11(2)9-12/h4-10H,3H2,1-2H3. The van der Waals surface area contributed by atoms with E-state index in [4.69, 9.17) is 4.74 Å². The van der Waals surface area contributed by atoms with E-state index < -0.39 is 5.97 Å². The van der Waals surface area contributed by atoms with Gasteiger partial charge in [-0.3, -0.25) is 4.79 Å². The predicted octanol–water partition coefficient (Wildman–Crippen LogP) is 3.97. The predicted molar refractivity (Wildman–Crippen MR) is 94.3 cm³/mol. The molecule has 5 nitrogen and oxygen atoms in total. The van der Waals surface area contributed by atoms with E-state index in [9.17, 15) is 9.59 Å². The number of carbonyl (C=O) groups excluding carboxylic acids is 2. The Balaban J connectivity index is 2.18. The van der Waals surface area contributed by atoms with Crippen molar-refractivity contribution in [1.29, 1.82) is 0 Å². The number of halogens is 1. The summed E-state index contributed by atoms with van der Waals surface area (Å²) in [4.78, 5) is 25.0.